The number of aliphatic carboxylic acids is 1. The number of carboxylic acids is 1. The van der Waals surface area contributed by atoms with Crippen LogP contribution in [0, 0.1) is 5.92 Å². The molecule has 0 aliphatic heterocycles. The van der Waals surface area contributed by atoms with Crippen LogP contribution in [0.5, 0.6) is 0 Å². The summed E-state index contributed by atoms with van der Waals surface area (Å²) in [7, 11) is 0. The van der Waals surface area contributed by atoms with Gasteiger partial charge in [0.05, 0.1) is 0 Å². The third-order valence-electron chi connectivity index (χ3n) is 4.90. The van der Waals surface area contributed by atoms with Crippen LogP contribution < -0.4 is 5.32 Å². The molecule has 26 heavy (non-hydrogen) atoms. The van der Waals surface area contributed by atoms with Gasteiger partial charge in [0.2, 0.25) is 0 Å². The molecule has 1 aliphatic rings. The highest BCUT2D eigenvalue weighted by atomic mass is 16.5. The molecule has 2 N–H and O–H groups in total. The van der Waals surface area contributed by atoms with Gasteiger partial charge in [0.1, 0.15) is 6.61 Å². The lowest BCUT2D eigenvalue weighted by atomic mass is 9.97. The van der Waals surface area contributed by atoms with E-state index in [0.29, 0.717) is 6.54 Å². The van der Waals surface area contributed by atoms with Gasteiger partial charge in [-0.15, -0.1) is 0 Å². The zero-order chi connectivity index (χ0) is 18.7. The number of benzene rings is 2. The summed E-state index contributed by atoms with van der Waals surface area (Å²) in [5.41, 5.74) is 4.49. The van der Waals surface area contributed by atoms with Crippen molar-refractivity contribution in [3.63, 3.8) is 0 Å². The molecule has 0 radical (unpaired) electrons. The molecule has 5 nitrogen and oxygen atoms in total. The maximum absolute atomic E-state index is 12.4. The summed E-state index contributed by atoms with van der Waals surface area (Å²) in [6, 6.07) is 15.6. The number of carbonyl (C=O) groups excluding carboxylic acids is 1. The Morgan fingerprint density at radius 3 is 2.12 bits per heavy atom. The summed E-state index contributed by atoms with van der Waals surface area (Å²) < 4.78 is 5.47. The van der Waals surface area contributed by atoms with Crippen LogP contribution in [0.1, 0.15) is 30.9 Å². The van der Waals surface area contributed by atoms with E-state index in [0.717, 1.165) is 22.3 Å². The van der Waals surface area contributed by atoms with Crippen molar-refractivity contribution < 1.29 is 19.4 Å². The van der Waals surface area contributed by atoms with E-state index in [1.807, 2.05) is 43.3 Å². The zero-order valence-corrected chi connectivity index (χ0v) is 14.9. The second-order valence-electron chi connectivity index (χ2n) is 6.52. The SMILES string of the molecule is CCN[C@@H](C)C(C(=O)O)C(=O)OCC1c2ccccc2-c2ccccc21. The number of esters is 1. The summed E-state index contributed by atoms with van der Waals surface area (Å²) in [6.45, 7) is 4.27. The molecule has 0 fully saturated rings. The quantitative estimate of drug-likeness (QED) is 0.591. The summed E-state index contributed by atoms with van der Waals surface area (Å²) >= 11 is 0. The maximum Gasteiger partial charge on any atom is 0.321 e. The van der Waals surface area contributed by atoms with Crippen molar-refractivity contribution in [3.05, 3.63) is 59.7 Å². The predicted octanol–water partition coefficient (Wildman–Crippen LogP) is 3.04. The van der Waals surface area contributed by atoms with Crippen molar-refractivity contribution in [2.45, 2.75) is 25.8 Å². The number of fused-ring (bicyclic) bond motifs is 3. The van der Waals surface area contributed by atoms with Gasteiger partial charge in [-0.3, -0.25) is 9.59 Å². The predicted molar refractivity (Wildman–Crippen MR) is 98.9 cm³/mol. The van der Waals surface area contributed by atoms with Crippen molar-refractivity contribution in [1.82, 2.24) is 5.32 Å². The first kappa shape index (κ1) is 18.1. The molecule has 2 aromatic carbocycles. The zero-order valence-electron chi connectivity index (χ0n) is 14.9. The van der Waals surface area contributed by atoms with Gasteiger partial charge in [-0.05, 0) is 35.7 Å². The van der Waals surface area contributed by atoms with Crippen molar-refractivity contribution in [3.8, 4) is 11.1 Å². The Labute approximate surface area is 153 Å². The highest BCUT2D eigenvalue weighted by Gasteiger charge is 2.35. The molecule has 0 amide bonds. The summed E-state index contributed by atoms with van der Waals surface area (Å²) in [6.07, 6.45) is 0. The Kier molecular flexibility index (Phi) is 5.38. The van der Waals surface area contributed by atoms with Crippen LogP contribution in [0.25, 0.3) is 11.1 Å². The number of hydrogen-bond donors (Lipinski definition) is 2. The molecule has 0 saturated heterocycles. The third-order valence-corrected chi connectivity index (χ3v) is 4.90. The Bertz CT molecular complexity index is 772. The lowest BCUT2D eigenvalue weighted by Gasteiger charge is -2.21. The molecule has 136 valence electrons. The van der Waals surface area contributed by atoms with Gasteiger partial charge in [0.15, 0.2) is 5.92 Å². The van der Waals surface area contributed by atoms with Gasteiger partial charge < -0.3 is 15.2 Å². The molecule has 2 atom stereocenters. The van der Waals surface area contributed by atoms with E-state index in [1.54, 1.807) is 6.92 Å². The van der Waals surface area contributed by atoms with Crippen LogP contribution in [0.4, 0.5) is 0 Å². The maximum atomic E-state index is 12.4. The second kappa shape index (κ2) is 7.70. The molecule has 5 heteroatoms. The smallest absolute Gasteiger partial charge is 0.321 e. The third kappa shape index (κ3) is 3.35. The first-order valence-electron chi connectivity index (χ1n) is 8.85. The first-order valence-corrected chi connectivity index (χ1v) is 8.85. The van der Waals surface area contributed by atoms with Gasteiger partial charge in [-0.25, -0.2) is 0 Å². The standard InChI is InChI=1S/C21H23NO4/c1-3-22-13(2)19(20(23)24)21(25)26-12-18-16-10-6-4-8-14(16)15-9-5-7-11-17(15)18/h4-11,13,18-19,22H,3,12H2,1-2H3,(H,23,24)/t13-,19?/m0/s1. The molecule has 0 bridgehead atoms. The average Bonchev–Trinajstić information content (AvgIpc) is 2.94. The number of hydrogen-bond acceptors (Lipinski definition) is 4. The normalized spacial score (nSPS) is 15.0. The number of carbonyl (C=O) groups is 2. The first-order chi connectivity index (χ1) is 12.5. The van der Waals surface area contributed by atoms with Gasteiger partial charge in [-0.1, -0.05) is 55.5 Å². The lowest BCUT2D eigenvalue weighted by molar-refractivity contribution is -0.160. The number of nitrogens with one attached hydrogen (secondary N) is 1. The second-order valence-corrected chi connectivity index (χ2v) is 6.52. The fourth-order valence-corrected chi connectivity index (χ4v) is 3.65. The molecule has 0 saturated carbocycles. The van der Waals surface area contributed by atoms with Crippen LogP contribution >= 0.6 is 0 Å². The van der Waals surface area contributed by atoms with Crippen molar-refractivity contribution in [2.24, 2.45) is 5.92 Å². The van der Waals surface area contributed by atoms with Crippen LogP contribution in [-0.2, 0) is 14.3 Å². The molecule has 2 aromatic rings. The van der Waals surface area contributed by atoms with E-state index in [2.05, 4.69) is 17.4 Å². The van der Waals surface area contributed by atoms with Gasteiger partial charge >= 0.3 is 11.9 Å². The highest BCUT2D eigenvalue weighted by Crippen LogP contribution is 2.44. The topological polar surface area (TPSA) is 75.6 Å². The molecule has 0 spiro atoms. The van der Waals surface area contributed by atoms with Gasteiger partial charge in [0.25, 0.3) is 0 Å². The van der Waals surface area contributed by atoms with Crippen molar-refractivity contribution in [1.29, 1.82) is 0 Å². The fourth-order valence-electron chi connectivity index (χ4n) is 3.65. The Morgan fingerprint density at radius 2 is 1.62 bits per heavy atom. The Hall–Kier alpha value is -2.66. The van der Waals surface area contributed by atoms with Crippen LogP contribution in [0.3, 0.4) is 0 Å². The molecule has 1 aliphatic carbocycles. The van der Waals surface area contributed by atoms with Crippen LogP contribution in [0.15, 0.2) is 48.5 Å². The average molecular weight is 353 g/mol. The van der Waals surface area contributed by atoms with E-state index >= 15 is 0 Å². The summed E-state index contributed by atoms with van der Waals surface area (Å²) in [4.78, 5) is 23.9. The van der Waals surface area contributed by atoms with Crippen molar-refractivity contribution in [2.75, 3.05) is 13.2 Å². The summed E-state index contributed by atoms with van der Waals surface area (Å²) in [5.74, 6) is -3.17. The Morgan fingerprint density at radius 1 is 1.08 bits per heavy atom. The van der Waals surface area contributed by atoms with E-state index in [9.17, 15) is 14.7 Å². The largest absolute Gasteiger partial charge is 0.481 e. The molecule has 0 aromatic heterocycles. The van der Waals surface area contributed by atoms with Crippen LogP contribution in [-0.4, -0.2) is 36.2 Å². The highest BCUT2D eigenvalue weighted by molar-refractivity contribution is 5.94. The number of rotatable bonds is 7. The fraction of sp³-hybridized carbons (Fsp3) is 0.333. The molecule has 1 unspecified atom stereocenters. The lowest BCUT2D eigenvalue weighted by Crippen LogP contribution is -2.43. The van der Waals surface area contributed by atoms with Gasteiger partial charge in [0, 0.05) is 12.0 Å². The minimum atomic E-state index is -1.22. The minimum absolute atomic E-state index is 0.0739. The van der Waals surface area contributed by atoms with Crippen LogP contribution in [0.2, 0.25) is 0 Å². The summed E-state index contributed by atoms with van der Waals surface area (Å²) in [5, 5.41) is 12.4. The number of carboxylic acid groups (broad SMARTS) is 1. The molecule has 0 heterocycles. The number of ether oxygens (including phenoxy) is 1. The van der Waals surface area contributed by atoms with Gasteiger partial charge in [-0.2, -0.15) is 0 Å². The van der Waals surface area contributed by atoms with E-state index in [1.165, 1.54) is 0 Å². The minimum Gasteiger partial charge on any atom is -0.481 e. The monoisotopic (exact) mass is 353 g/mol. The Balaban J connectivity index is 1.79. The van der Waals surface area contributed by atoms with E-state index in [-0.39, 0.29) is 12.5 Å². The molecular weight excluding hydrogens is 330 g/mol. The van der Waals surface area contributed by atoms with E-state index < -0.39 is 23.9 Å². The molecule has 3 rings (SSSR count). The van der Waals surface area contributed by atoms with Crippen molar-refractivity contribution >= 4 is 11.9 Å². The molecular formula is C21H23NO4. The van der Waals surface area contributed by atoms with E-state index in [4.69, 9.17) is 4.74 Å².